The summed E-state index contributed by atoms with van der Waals surface area (Å²) in [6, 6.07) is 17.4. The van der Waals surface area contributed by atoms with E-state index in [1.165, 1.54) is 23.9 Å². The van der Waals surface area contributed by atoms with Crippen LogP contribution < -0.4 is 15.4 Å². The van der Waals surface area contributed by atoms with Gasteiger partial charge in [-0.05, 0) is 36.2 Å². The van der Waals surface area contributed by atoms with Gasteiger partial charge >= 0.3 is 11.8 Å². The zero-order valence-corrected chi connectivity index (χ0v) is 22.0. The number of carbonyl (C=O) groups is 3. The second-order valence-corrected chi connectivity index (χ2v) is 8.82. The molecule has 3 aromatic carbocycles. The lowest BCUT2D eigenvalue weighted by Gasteiger charge is -2.21. The number of carbonyl (C=O) groups excluding carboxylic acids is 3. The van der Waals surface area contributed by atoms with Gasteiger partial charge in [0, 0.05) is 43.9 Å². The van der Waals surface area contributed by atoms with E-state index in [0.717, 1.165) is 5.56 Å². The van der Waals surface area contributed by atoms with Gasteiger partial charge in [-0.2, -0.15) is 0 Å². The summed E-state index contributed by atoms with van der Waals surface area (Å²) < 4.78 is 5.38. The average Bonchev–Trinajstić information content (AvgIpc) is 3.39. The molecule has 0 aliphatic rings. The monoisotopic (exact) mass is 530 g/mol. The number of phenolic OH excluding ortho intramolecular Hbond substituents is 1. The van der Waals surface area contributed by atoms with E-state index in [1.807, 2.05) is 37.3 Å². The fourth-order valence-electron chi connectivity index (χ4n) is 4.08. The van der Waals surface area contributed by atoms with E-state index in [-0.39, 0.29) is 23.9 Å². The van der Waals surface area contributed by atoms with E-state index in [0.29, 0.717) is 47.4 Å². The molecule has 0 atom stereocenters. The minimum atomic E-state index is -0.784. The molecule has 0 radical (unpaired) electrons. The maximum Gasteiger partial charge on any atom is 0.312 e. The Morgan fingerprint density at radius 1 is 1.03 bits per heavy atom. The van der Waals surface area contributed by atoms with Crippen LogP contribution in [0.5, 0.6) is 11.5 Å². The minimum Gasteiger partial charge on any atom is -0.505 e. The van der Waals surface area contributed by atoms with Crippen LogP contribution in [0.25, 0.3) is 16.7 Å². The molecule has 0 aliphatic heterocycles. The predicted molar refractivity (Wildman–Crippen MR) is 144 cm³/mol. The van der Waals surface area contributed by atoms with Crippen LogP contribution in [0.4, 0.5) is 0 Å². The van der Waals surface area contributed by atoms with Gasteiger partial charge in [0.25, 0.3) is 5.91 Å². The highest BCUT2D eigenvalue weighted by Gasteiger charge is 2.23. The van der Waals surface area contributed by atoms with Crippen LogP contribution in [0.3, 0.4) is 0 Å². The Kier molecular flexibility index (Phi) is 8.40. The molecule has 1 aromatic heterocycles. The molecule has 0 aliphatic carbocycles. The van der Waals surface area contributed by atoms with Crippen molar-refractivity contribution in [2.75, 3.05) is 20.7 Å². The molecule has 0 fully saturated rings. The standard InChI is InChI=1S/C28H30N6O5/c1-4-12-33(17-18-8-6-5-7-9-18)28(38)27(37)30-16-20-13-21(39-3)15-24(25(20)35)34-31-22-11-10-19(26(36)29-2)14-23(22)32-34/h5-11,13-15,35H,4,12,16-17H2,1-3H3,(H,29,36)(H,30,37). The number of amides is 3. The van der Waals surface area contributed by atoms with E-state index in [4.69, 9.17) is 4.74 Å². The molecule has 3 amide bonds. The van der Waals surface area contributed by atoms with Gasteiger partial charge in [0.05, 0.1) is 7.11 Å². The van der Waals surface area contributed by atoms with Crippen LogP contribution >= 0.6 is 0 Å². The van der Waals surface area contributed by atoms with Gasteiger partial charge in [0.2, 0.25) is 0 Å². The van der Waals surface area contributed by atoms with Crippen LogP contribution in [-0.2, 0) is 22.7 Å². The third-order valence-corrected chi connectivity index (χ3v) is 6.09. The first-order chi connectivity index (χ1) is 18.8. The molecule has 0 bridgehead atoms. The summed E-state index contributed by atoms with van der Waals surface area (Å²) in [5, 5.41) is 25.0. The molecule has 4 aromatic rings. The molecule has 4 rings (SSSR count). The number of ether oxygens (including phenoxy) is 1. The molecule has 1 heterocycles. The highest BCUT2D eigenvalue weighted by Crippen LogP contribution is 2.31. The summed E-state index contributed by atoms with van der Waals surface area (Å²) in [5.41, 5.74) is 2.82. The van der Waals surface area contributed by atoms with Gasteiger partial charge in [-0.15, -0.1) is 15.0 Å². The van der Waals surface area contributed by atoms with Crippen molar-refractivity contribution in [1.29, 1.82) is 0 Å². The van der Waals surface area contributed by atoms with E-state index >= 15 is 0 Å². The summed E-state index contributed by atoms with van der Waals surface area (Å²) >= 11 is 0. The van der Waals surface area contributed by atoms with Gasteiger partial charge < -0.3 is 25.4 Å². The van der Waals surface area contributed by atoms with Crippen molar-refractivity contribution in [3.05, 3.63) is 77.4 Å². The SMILES string of the molecule is CCCN(Cc1ccccc1)C(=O)C(=O)NCc1cc(OC)cc(-n2nc3ccc(C(=O)NC)cc3n2)c1O. The van der Waals surface area contributed by atoms with Gasteiger partial charge in [0.1, 0.15) is 28.2 Å². The van der Waals surface area contributed by atoms with Gasteiger partial charge in [-0.3, -0.25) is 14.4 Å². The summed E-state index contributed by atoms with van der Waals surface area (Å²) in [4.78, 5) is 40.4. The van der Waals surface area contributed by atoms with E-state index in [1.54, 1.807) is 30.3 Å². The number of hydrogen-bond donors (Lipinski definition) is 3. The van der Waals surface area contributed by atoms with Gasteiger partial charge in [0.15, 0.2) is 0 Å². The van der Waals surface area contributed by atoms with Crippen LogP contribution in [0, 0.1) is 0 Å². The number of nitrogens with zero attached hydrogens (tertiary/aromatic N) is 4. The number of benzene rings is 3. The zero-order valence-electron chi connectivity index (χ0n) is 22.0. The molecule has 39 heavy (non-hydrogen) atoms. The third kappa shape index (κ3) is 6.15. The largest absolute Gasteiger partial charge is 0.505 e. The fraction of sp³-hybridized carbons (Fsp3) is 0.250. The van der Waals surface area contributed by atoms with Crippen LogP contribution in [0.15, 0.2) is 60.7 Å². The molecule has 3 N–H and O–H groups in total. The number of aromatic hydroxyl groups is 1. The van der Waals surface area contributed by atoms with Crippen molar-refractivity contribution in [2.24, 2.45) is 0 Å². The van der Waals surface area contributed by atoms with Crippen molar-refractivity contribution in [2.45, 2.75) is 26.4 Å². The molecule has 202 valence electrons. The summed E-state index contributed by atoms with van der Waals surface area (Å²) in [7, 11) is 3.01. The fourth-order valence-corrected chi connectivity index (χ4v) is 4.08. The van der Waals surface area contributed by atoms with Crippen molar-refractivity contribution in [3.8, 4) is 17.2 Å². The number of rotatable bonds is 9. The van der Waals surface area contributed by atoms with Crippen LogP contribution in [-0.4, -0.2) is 63.4 Å². The Morgan fingerprint density at radius 2 is 1.77 bits per heavy atom. The molecule has 0 saturated heterocycles. The zero-order chi connectivity index (χ0) is 27.9. The Morgan fingerprint density at radius 3 is 2.46 bits per heavy atom. The Hall–Kier alpha value is -4.93. The molecule has 0 saturated carbocycles. The van der Waals surface area contributed by atoms with Crippen LogP contribution in [0.1, 0.15) is 34.8 Å². The molecular formula is C28H30N6O5. The minimum absolute atomic E-state index is 0.131. The highest BCUT2D eigenvalue weighted by atomic mass is 16.5. The summed E-state index contributed by atoms with van der Waals surface area (Å²) in [6.07, 6.45) is 0.696. The molecule has 11 nitrogen and oxygen atoms in total. The Balaban J connectivity index is 1.55. The van der Waals surface area contributed by atoms with E-state index in [2.05, 4.69) is 20.8 Å². The number of fused-ring (bicyclic) bond motifs is 1. The molecule has 11 heteroatoms. The number of nitrogens with one attached hydrogen (secondary N) is 2. The second kappa shape index (κ2) is 12.1. The predicted octanol–water partition coefficient (Wildman–Crippen LogP) is 2.55. The Bertz CT molecular complexity index is 1500. The molecule has 0 spiro atoms. The second-order valence-electron chi connectivity index (χ2n) is 8.82. The van der Waals surface area contributed by atoms with Crippen molar-refractivity contribution in [1.82, 2.24) is 30.5 Å². The van der Waals surface area contributed by atoms with Crippen molar-refractivity contribution in [3.63, 3.8) is 0 Å². The van der Waals surface area contributed by atoms with E-state index < -0.39 is 11.8 Å². The first kappa shape index (κ1) is 27.1. The topological polar surface area (TPSA) is 139 Å². The quantitative estimate of drug-likeness (QED) is 0.283. The van der Waals surface area contributed by atoms with Gasteiger partial charge in [-0.25, -0.2) is 0 Å². The Labute approximate surface area is 225 Å². The normalized spacial score (nSPS) is 10.7. The smallest absolute Gasteiger partial charge is 0.312 e. The summed E-state index contributed by atoms with van der Waals surface area (Å²) in [5.74, 6) is -1.50. The number of hydrogen-bond acceptors (Lipinski definition) is 7. The first-order valence-corrected chi connectivity index (χ1v) is 12.4. The van der Waals surface area contributed by atoms with Gasteiger partial charge in [-0.1, -0.05) is 37.3 Å². The highest BCUT2D eigenvalue weighted by molar-refractivity contribution is 6.34. The average molecular weight is 531 g/mol. The lowest BCUT2D eigenvalue weighted by atomic mass is 10.1. The molecule has 0 unspecified atom stereocenters. The molecular weight excluding hydrogens is 500 g/mol. The van der Waals surface area contributed by atoms with Crippen molar-refractivity contribution < 1.29 is 24.2 Å². The lowest BCUT2D eigenvalue weighted by molar-refractivity contribution is -0.146. The maximum atomic E-state index is 12.9. The maximum absolute atomic E-state index is 12.9. The van der Waals surface area contributed by atoms with Crippen molar-refractivity contribution >= 4 is 28.8 Å². The van der Waals surface area contributed by atoms with E-state index in [9.17, 15) is 19.5 Å². The number of phenols is 1. The van der Waals surface area contributed by atoms with Crippen LogP contribution in [0.2, 0.25) is 0 Å². The number of methoxy groups -OCH3 is 1. The first-order valence-electron chi connectivity index (χ1n) is 12.4. The summed E-state index contributed by atoms with van der Waals surface area (Å²) in [6.45, 7) is 2.55. The lowest BCUT2D eigenvalue weighted by Crippen LogP contribution is -2.42. The third-order valence-electron chi connectivity index (χ3n) is 6.09. The number of aromatic nitrogens is 3.